The molecular weight excluding hydrogens is 297 g/mol. The number of halogens is 2. The van der Waals surface area contributed by atoms with E-state index < -0.39 is 0 Å². The van der Waals surface area contributed by atoms with Gasteiger partial charge in [-0.1, -0.05) is 6.07 Å². The van der Waals surface area contributed by atoms with E-state index in [4.69, 9.17) is 16.3 Å². The highest BCUT2D eigenvalue weighted by atomic mass is 35.5. The van der Waals surface area contributed by atoms with Crippen molar-refractivity contribution >= 4 is 11.6 Å². The molecule has 0 saturated carbocycles. The average molecular weight is 306 g/mol. The Morgan fingerprint density at radius 2 is 2.10 bits per heavy atom. The van der Waals surface area contributed by atoms with Crippen LogP contribution in [0.15, 0.2) is 36.9 Å². The molecule has 0 fully saturated rings. The lowest BCUT2D eigenvalue weighted by Gasteiger charge is -2.06. The minimum atomic E-state index is -0.373. The van der Waals surface area contributed by atoms with E-state index >= 15 is 0 Å². The van der Waals surface area contributed by atoms with Crippen molar-refractivity contribution in [1.82, 2.24) is 24.5 Å². The monoisotopic (exact) mass is 305 g/mol. The first-order valence-corrected chi connectivity index (χ1v) is 6.33. The molecule has 21 heavy (non-hydrogen) atoms. The third-order valence-electron chi connectivity index (χ3n) is 2.66. The third-order valence-corrected chi connectivity index (χ3v) is 2.83. The molecule has 8 heteroatoms. The zero-order valence-corrected chi connectivity index (χ0v) is 11.6. The summed E-state index contributed by atoms with van der Waals surface area (Å²) in [6.45, 7) is 1.66. The Morgan fingerprint density at radius 3 is 2.81 bits per heavy atom. The highest BCUT2D eigenvalue weighted by Gasteiger charge is 2.09. The van der Waals surface area contributed by atoms with Gasteiger partial charge in [-0.25, -0.2) is 9.37 Å². The first-order chi connectivity index (χ1) is 10.1. The van der Waals surface area contributed by atoms with Crippen molar-refractivity contribution in [3.05, 3.63) is 53.6 Å². The van der Waals surface area contributed by atoms with Crippen LogP contribution in [0, 0.1) is 12.7 Å². The number of aryl methyl sites for hydroxylation is 1. The SMILES string of the molecule is Cc1ccc(Oc2nc(Cl)nc(-n3ccnc3)n2)cc1F. The van der Waals surface area contributed by atoms with Gasteiger partial charge in [-0.3, -0.25) is 4.57 Å². The Labute approximate surface area is 124 Å². The first-order valence-electron chi connectivity index (χ1n) is 5.96. The quantitative estimate of drug-likeness (QED) is 0.744. The largest absolute Gasteiger partial charge is 0.424 e. The normalized spacial score (nSPS) is 10.6. The van der Waals surface area contributed by atoms with E-state index in [0.717, 1.165) is 0 Å². The maximum atomic E-state index is 13.5. The maximum Gasteiger partial charge on any atom is 0.328 e. The second-order valence-electron chi connectivity index (χ2n) is 4.17. The molecule has 0 spiro atoms. The molecule has 0 amide bonds. The van der Waals surface area contributed by atoms with Gasteiger partial charge in [0.25, 0.3) is 0 Å². The Kier molecular flexibility index (Phi) is 3.49. The number of ether oxygens (including phenoxy) is 1. The zero-order valence-electron chi connectivity index (χ0n) is 10.9. The molecule has 106 valence electrons. The summed E-state index contributed by atoms with van der Waals surface area (Å²) in [7, 11) is 0. The van der Waals surface area contributed by atoms with Gasteiger partial charge >= 0.3 is 6.01 Å². The molecule has 0 aliphatic heterocycles. The van der Waals surface area contributed by atoms with Crippen molar-refractivity contribution in [2.24, 2.45) is 0 Å². The van der Waals surface area contributed by atoms with Gasteiger partial charge in [0.2, 0.25) is 11.2 Å². The van der Waals surface area contributed by atoms with Crippen LogP contribution in [0.5, 0.6) is 11.8 Å². The minimum Gasteiger partial charge on any atom is -0.424 e. The fourth-order valence-electron chi connectivity index (χ4n) is 1.60. The number of benzene rings is 1. The summed E-state index contributed by atoms with van der Waals surface area (Å²) in [6.07, 6.45) is 4.75. The molecule has 0 N–H and O–H groups in total. The lowest BCUT2D eigenvalue weighted by molar-refractivity contribution is 0.434. The topological polar surface area (TPSA) is 65.7 Å². The van der Waals surface area contributed by atoms with Crippen molar-refractivity contribution in [1.29, 1.82) is 0 Å². The molecular formula is C13H9ClFN5O. The molecule has 0 aliphatic carbocycles. The van der Waals surface area contributed by atoms with Gasteiger partial charge < -0.3 is 4.74 Å². The molecule has 2 heterocycles. The van der Waals surface area contributed by atoms with Crippen molar-refractivity contribution in [3.63, 3.8) is 0 Å². The van der Waals surface area contributed by atoms with E-state index in [0.29, 0.717) is 5.56 Å². The minimum absolute atomic E-state index is 0.0260. The number of hydrogen-bond donors (Lipinski definition) is 0. The summed E-state index contributed by atoms with van der Waals surface area (Å²) in [4.78, 5) is 15.8. The number of rotatable bonds is 3. The van der Waals surface area contributed by atoms with Gasteiger partial charge in [0.1, 0.15) is 17.9 Å². The van der Waals surface area contributed by atoms with E-state index in [9.17, 15) is 4.39 Å². The van der Waals surface area contributed by atoms with Crippen LogP contribution in [0.25, 0.3) is 5.95 Å². The van der Waals surface area contributed by atoms with Crippen LogP contribution in [0.3, 0.4) is 0 Å². The average Bonchev–Trinajstić information content (AvgIpc) is 2.96. The molecule has 3 aromatic rings. The van der Waals surface area contributed by atoms with Crippen LogP contribution in [-0.4, -0.2) is 24.5 Å². The molecule has 2 aromatic heterocycles. The fourth-order valence-corrected chi connectivity index (χ4v) is 1.75. The predicted molar refractivity (Wildman–Crippen MR) is 73.2 cm³/mol. The number of imidazole rings is 1. The second-order valence-corrected chi connectivity index (χ2v) is 4.51. The molecule has 6 nitrogen and oxygen atoms in total. The molecule has 0 unspecified atom stereocenters. The highest BCUT2D eigenvalue weighted by Crippen LogP contribution is 2.22. The molecule has 0 saturated heterocycles. The maximum absolute atomic E-state index is 13.5. The number of aromatic nitrogens is 5. The van der Waals surface area contributed by atoms with Gasteiger partial charge in [-0.05, 0) is 30.2 Å². The first kappa shape index (κ1) is 13.4. The summed E-state index contributed by atoms with van der Waals surface area (Å²) in [5.41, 5.74) is 0.523. The van der Waals surface area contributed by atoms with E-state index in [2.05, 4.69) is 19.9 Å². The summed E-state index contributed by atoms with van der Waals surface area (Å²) in [5.74, 6) is 0.162. The Balaban J connectivity index is 1.93. The van der Waals surface area contributed by atoms with Gasteiger partial charge in [0, 0.05) is 18.5 Å². The van der Waals surface area contributed by atoms with Crippen LogP contribution >= 0.6 is 11.6 Å². The Bertz CT molecular complexity index is 778. The van der Waals surface area contributed by atoms with Crippen LogP contribution in [0.1, 0.15) is 5.56 Å². The summed E-state index contributed by atoms with van der Waals surface area (Å²) in [5, 5.41) is -0.0312. The second kappa shape index (κ2) is 5.45. The van der Waals surface area contributed by atoms with Gasteiger partial charge in [0.15, 0.2) is 0 Å². The lowest BCUT2D eigenvalue weighted by atomic mass is 10.2. The third kappa shape index (κ3) is 2.97. The Hall–Kier alpha value is -2.54. The number of nitrogens with zero attached hydrogens (tertiary/aromatic N) is 5. The van der Waals surface area contributed by atoms with Crippen molar-refractivity contribution < 1.29 is 9.13 Å². The van der Waals surface area contributed by atoms with Crippen LogP contribution < -0.4 is 4.74 Å². The van der Waals surface area contributed by atoms with Crippen LogP contribution in [-0.2, 0) is 0 Å². The van der Waals surface area contributed by atoms with Gasteiger partial charge in [-0.2, -0.15) is 15.0 Å². The zero-order chi connectivity index (χ0) is 14.8. The summed E-state index contributed by atoms with van der Waals surface area (Å²) < 4.78 is 20.5. The standard InChI is InChI=1S/C13H9ClFN5O/c1-8-2-3-9(6-10(8)15)21-13-18-11(14)17-12(19-13)20-5-4-16-7-20/h2-7H,1H3. The lowest BCUT2D eigenvalue weighted by Crippen LogP contribution is -2.03. The predicted octanol–water partition coefficient (Wildman–Crippen LogP) is 2.95. The van der Waals surface area contributed by atoms with Gasteiger partial charge in [0.05, 0.1) is 0 Å². The van der Waals surface area contributed by atoms with Crippen molar-refractivity contribution in [3.8, 4) is 17.7 Å². The van der Waals surface area contributed by atoms with Crippen LogP contribution in [0.2, 0.25) is 5.28 Å². The van der Waals surface area contributed by atoms with E-state index in [-0.39, 0.29) is 28.8 Å². The smallest absolute Gasteiger partial charge is 0.328 e. The summed E-state index contributed by atoms with van der Waals surface area (Å²) >= 11 is 5.84. The molecule has 0 radical (unpaired) electrons. The fraction of sp³-hybridized carbons (Fsp3) is 0.0769. The van der Waals surface area contributed by atoms with E-state index in [1.807, 2.05) is 0 Å². The molecule has 3 rings (SSSR count). The molecule has 0 bridgehead atoms. The summed E-state index contributed by atoms with van der Waals surface area (Å²) in [6, 6.07) is 4.45. The number of hydrogen-bond acceptors (Lipinski definition) is 5. The highest BCUT2D eigenvalue weighted by molar-refractivity contribution is 6.28. The van der Waals surface area contributed by atoms with Crippen molar-refractivity contribution in [2.75, 3.05) is 0 Å². The van der Waals surface area contributed by atoms with Gasteiger partial charge in [-0.15, -0.1) is 0 Å². The van der Waals surface area contributed by atoms with E-state index in [1.165, 1.54) is 12.4 Å². The molecule has 0 aliphatic rings. The van der Waals surface area contributed by atoms with Crippen molar-refractivity contribution in [2.45, 2.75) is 6.92 Å². The Morgan fingerprint density at radius 1 is 1.24 bits per heavy atom. The van der Waals surface area contributed by atoms with Crippen LogP contribution in [0.4, 0.5) is 4.39 Å². The molecule has 0 atom stereocenters. The molecule has 1 aromatic carbocycles. The van der Waals surface area contributed by atoms with E-state index in [1.54, 1.807) is 36.0 Å².